The molecule has 5 nitrogen and oxygen atoms in total. The number of primary amides is 2. The molecule has 6 heteroatoms. The number of carbonyl (C=O) groups is 2. The summed E-state index contributed by atoms with van der Waals surface area (Å²) in [6.45, 7) is 0. The van der Waals surface area contributed by atoms with Gasteiger partial charge in [0.05, 0.1) is 6.04 Å². The summed E-state index contributed by atoms with van der Waals surface area (Å²) < 4.78 is 0. The van der Waals surface area contributed by atoms with Crippen molar-refractivity contribution >= 4 is 23.6 Å². The first-order chi connectivity index (χ1) is 8.00. The van der Waals surface area contributed by atoms with Crippen LogP contribution in [0.5, 0.6) is 0 Å². The topological polar surface area (TPSA) is 112 Å². The van der Waals surface area contributed by atoms with E-state index in [0.717, 1.165) is 5.56 Å². The van der Waals surface area contributed by atoms with Crippen LogP contribution in [0.2, 0.25) is 0 Å². The molecule has 1 aromatic carbocycles. The van der Waals surface area contributed by atoms with Gasteiger partial charge in [-0.2, -0.15) is 11.8 Å². The summed E-state index contributed by atoms with van der Waals surface area (Å²) in [5.74, 6) is 0.244. The van der Waals surface area contributed by atoms with Gasteiger partial charge < -0.3 is 17.2 Å². The highest BCUT2D eigenvalue weighted by molar-refractivity contribution is 7.98. The second-order valence-electron chi connectivity index (χ2n) is 3.59. The predicted octanol–water partition coefficient (Wildman–Crippen LogP) is -0.169. The molecule has 17 heavy (non-hydrogen) atoms. The van der Waals surface area contributed by atoms with Gasteiger partial charge in [-0.15, -0.1) is 0 Å². The van der Waals surface area contributed by atoms with Crippen molar-refractivity contribution < 1.29 is 9.59 Å². The second-order valence-corrected chi connectivity index (χ2v) is 4.62. The molecule has 1 rings (SSSR count). The lowest BCUT2D eigenvalue weighted by Gasteiger charge is -2.07. The van der Waals surface area contributed by atoms with Gasteiger partial charge >= 0.3 is 0 Å². The number of benzene rings is 1. The Bertz CT molecular complexity index is 406. The van der Waals surface area contributed by atoms with Gasteiger partial charge in [0.2, 0.25) is 11.8 Å². The summed E-state index contributed by atoms with van der Waals surface area (Å²) in [6.07, 6.45) is 0. The van der Waals surface area contributed by atoms with Crippen LogP contribution >= 0.6 is 11.8 Å². The number of nitrogens with two attached hydrogens (primary N) is 3. The van der Waals surface area contributed by atoms with Crippen LogP contribution in [0.15, 0.2) is 24.3 Å². The zero-order valence-electron chi connectivity index (χ0n) is 9.26. The minimum absolute atomic E-state index is 0.444. The van der Waals surface area contributed by atoms with E-state index in [4.69, 9.17) is 17.2 Å². The number of hydrogen-bond acceptors (Lipinski definition) is 4. The number of amides is 2. The van der Waals surface area contributed by atoms with Crippen molar-refractivity contribution in [3.63, 3.8) is 0 Å². The molecule has 6 N–H and O–H groups in total. The standard InChI is InChI=1S/C11H15N3O2S/c12-9(11(14)16)6-17-5-7-1-3-8(4-2-7)10(13)15/h1-4,9H,5-6,12H2,(H2,13,15)(H2,14,16)/t9-/m0/s1. The van der Waals surface area contributed by atoms with E-state index < -0.39 is 17.9 Å². The molecule has 1 atom stereocenters. The van der Waals surface area contributed by atoms with Crippen LogP contribution < -0.4 is 17.2 Å². The van der Waals surface area contributed by atoms with Gasteiger partial charge in [-0.05, 0) is 17.7 Å². The molecule has 0 unspecified atom stereocenters. The van der Waals surface area contributed by atoms with Gasteiger partial charge in [0.15, 0.2) is 0 Å². The maximum absolute atomic E-state index is 10.8. The molecule has 0 saturated heterocycles. The molecule has 92 valence electrons. The normalized spacial score (nSPS) is 12.1. The fraction of sp³-hybridized carbons (Fsp3) is 0.273. The average molecular weight is 253 g/mol. The Kier molecular flexibility index (Phi) is 4.99. The molecule has 0 bridgehead atoms. The van der Waals surface area contributed by atoms with Crippen molar-refractivity contribution in [2.75, 3.05) is 5.75 Å². The summed E-state index contributed by atoms with van der Waals surface area (Å²) in [6, 6.07) is 6.37. The lowest BCUT2D eigenvalue weighted by Crippen LogP contribution is -2.38. The van der Waals surface area contributed by atoms with Crippen LogP contribution in [-0.2, 0) is 10.5 Å². The van der Waals surface area contributed by atoms with E-state index in [0.29, 0.717) is 17.1 Å². The number of hydrogen-bond donors (Lipinski definition) is 3. The van der Waals surface area contributed by atoms with Crippen molar-refractivity contribution in [2.45, 2.75) is 11.8 Å². The van der Waals surface area contributed by atoms with Crippen molar-refractivity contribution in [2.24, 2.45) is 17.2 Å². The van der Waals surface area contributed by atoms with E-state index in [1.807, 2.05) is 12.1 Å². The van der Waals surface area contributed by atoms with E-state index in [1.54, 1.807) is 12.1 Å². The third-order valence-electron chi connectivity index (χ3n) is 2.17. The highest BCUT2D eigenvalue weighted by atomic mass is 32.2. The third kappa shape index (κ3) is 4.46. The molecule has 0 aliphatic carbocycles. The van der Waals surface area contributed by atoms with E-state index in [2.05, 4.69) is 0 Å². The Morgan fingerprint density at radius 1 is 1.18 bits per heavy atom. The zero-order valence-corrected chi connectivity index (χ0v) is 10.1. The van der Waals surface area contributed by atoms with Gasteiger partial charge in [-0.25, -0.2) is 0 Å². The minimum Gasteiger partial charge on any atom is -0.368 e. The van der Waals surface area contributed by atoms with E-state index in [-0.39, 0.29) is 0 Å². The first kappa shape index (κ1) is 13.5. The Balaban J connectivity index is 2.42. The quantitative estimate of drug-likeness (QED) is 0.653. The molecule has 0 fully saturated rings. The van der Waals surface area contributed by atoms with Gasteiger partial charge in [-0.1, -0.05) is 12.1 Å². The van der Waals surface area contributed by atoms with Gasteiger partial charge in [0.1, 0.15) is 0 Å². The molecule has 0 aliphatic rings. The van der Waals surface area contributed by atoms with Crippen LogP contribution in [0, 0.1) is 0 Å². The SMILES string of the molecule is NC(=O)c1ccc(CSC[C@H](N)C(N)=O)cc1. The monoisotopic (exact) mass is 253 g/mol. The molecule has 0 aliphatic heterocycles. The maximum Gasteiger partial charge on any atom is 0.248 e. The zero-order chi connectivity index (χ0) is 12.8. The average Bonchev–Trinajstić information content (AvgIpc) is 2.29. The number of rotatable bonds is 6. The van der Waals surface area contributed by atoms with E-state index in [1.165, 1.54) is 11.8 Å². The number of thioether (sulfide) groups is 1. The molecule has 0 aromatic heterocycles. The highest BCUT2D eigenvalue weighted by Gasteiger charge is 2.08. The van der Waals surface area contributed by atoms with Crippen LogP contribution in [-0.4, -0.2) is 23.6 Å². The van der Waals surface area contributed by atoms with Gasteiger partial charge in [0.25, 0.3) is 0 Å². The largest absolute Gasteiger partial charge is 0.368 e. The van der Waals surface area contributed by atoms with Crippen molar-refractivity contribution in [3.05, 3.63) is 35.4 Å². The van der Waals surface area contributed by atoms with Crippen LogP contribution in [0.1, 0.15) is 15.9 Å². The van der Waals surface area contributed by atoms with Crippen LogP contribution in [0.3, 0.4) is 0 Å². The summed E-state index contributed by atoms with van der Waals surface area (Å²) in [7, 11) is 0. The third-order valence-corrected chi connectivity index (χ3v) is 3.30. The Labute approximate surface area is 104 Å². The molecule has 1 aromatic rings. The number of carbonyl (C=O) groups excluding carboxylic acids is 2. The summed E-state index contributed by atoms with van der Waals surface area (Å²) in [5.41, 5.74) is 17.2. The fourth-order valence-corrected chi connectivity index (χ4v) is 2.12. The molecular formula is C11H15N3O2S. The smallest absolute Gasteiger partial charge is 0.248 e. The van der Waals surface area contributed by atoms with E-state index >= 15 is 0 Å². The van der Waals surface area contributed by atoms with Crippen LogP contribution in [0.25, 0.3) is 0 Å². The van der Waals surface area contributed by atoms with Crippen LogP contribution in [0.4, 0.5) is 0 Å². The van der Waals surface area contributed by atoms with Crippen molar-refractivity contribution in [1.82, 2.24) is 0 Å². The molecule has 0 radical (unpaired) electrons. The Morgan fingerprint density at radius 3 is 2.24 bits per heavy atom. The fourth-order valence-electron chi connectivity index (χ4n) is 1.15. The molecule has 0 saturated carbocycles. The summed E-state index contributed by atoms with van der Waals surface area (Å²) in [4.78, 5) is 21.5. The minimum atomic E-state index is -0.620. The first-order valence-electron chi connectivity index (χ1n) is 5.02. The van der Waals surface area contributed by atoms with Gasteiger partial charge in [-0.3, -0.25) is 9.59 Å². The summed E-state index contributed by atoms with van der Waals surface area (Å²) in [5, 5.41) is 0. The lowest BCUT2D eigenvalue weighted by atomic mass is 10.1. The van der Waals surface area contributed by atoms with Crippen molar-refractivity contribution in [1.29, 1.82) is 0 Å². The first-order valence-corrected chi connectivity index (χ1v) is 6.17. The van der Waals surface area contributed by atoms with Crippen molar-refractivity contribution in [3.8, 4) is 0 Å². The molecule has 0 spiro atoms. The Hall–Kier alpha value is -1.53. The highest BCUT2D eigenvalue weighted by Crippen LogP contribution is 2.13. The molecule has 0 heterocycles. The molecular weight excluding hydrogens is 238 g/mol. The second kappa shape index (κ2) is 6.27. The Morgan fingerprint density at radius 2 is 1.76 bits per heavy atom. The predicted molar refractivity (Wildman–Crippen MR) is 68.3 cm³/mol. The van der Waals surface area contributed by atoms with E-state index in [9.17, 15) is 9.59 Å². The maximum atomic E-state index is 10.8. The van der Waals surface area contributed by atoms with Gasteiger partial charge in [0, 0.05) is 17.1 Å². The summed E-state index contributed by atoms with van der Waals surface area (Å²) >= 11 is 1.52. The molecule has 2 amide bonds. The lowest BCUT2D eigenvalue weighted by molar-refractivity contribution is -0.118.